The molecule has 3 nitrogen and oxygen atoms in total. The number of benzene rings is 2. The predicted octanol–water partition coefficient (Wildman–Crippen LogP) is 5.85. The monoisotopic (exact) mass is 414 g/mol. The Balaban J connectivity index is 2.17. The molecule has 0 fully saturated rings. The first kappa shape index (κ1) is 23.4. The Labute approximate surface area is 178 Å². The molecule has 0 aromatic heterocycles. The Morgan fingerprint density at radius 3 is 2.34 bits per heavy atom. The second-order valence-electron chi connectivity index (χ2n) is 7.45. The molecular weight excluding hydrogens is 380 g/mol. The van der Waals surface area contributed by atoms with Crippen molar-refractivity contribution in [3.05, 3.63) is 71.8 Å². The molecule has 0 N–H and O–H groups in total. The van der Waals surface area contributed by atoms with Gasteiger partial charge in [0.1, 0.15) is 5.75 Å². The van der Waals surface area contributed by atoms with E-state index in [9.17, 15) is 0 Å². The van der Waals surface area contributed by atoms with Crippen LogP contribution in [0.4, 0.5) is 0 Å². The van der Waals surface area contributed by atoms with Crippen LogP contribution < -0.4 is 4.74 Å². The number of methoxy groups -OCH3 is 2. The summed E-state index contributed by atoms with van der Waals surface area (Å²) in [7, 11) is 3.22. The van der Waals surface area contributed by atoms with Crippen LogP contribution in [0.5, 0.6) is 5.75 Å². The van der Waals surface area contributed by atoms with Crippen LogP contribution in [-0.4, -0.2) is 38.2 Å². The molecular formula is C25H34O3S. The van der Waals surface area contributed by atoms with Crippen LogP contribution in [0.25, 0.3) is 0 Å². The molecule has 2 aromatic carbocycles. The van der Waals surface area contributed by atoms with Crippen LogP contribution in [0.3, 0.4) is 0 Å². The fraction of sp³-hybridized carbons (Fsp3) is 0.400. The van der Waals surface area contributed by atoms with Gasteiger partial charge in [-0.3, -0.25) is 0 Å². The van der Waals surface area contributed by atoms with Crippen molar-refractivity contribution in [3.8, 4) is 5.75 Å². The molecule has 2 aromatic rings. The minimum atomic E-state index is -0.268. The molecule has 0 spiro atoms. The molecule has 29 heavy (non-hydrogen) atoms. The van der Waals surface area contributed by atoms with E-state index in [-0.39, 0.29) is 28.8 Å². The van der Waals surface area contributed by atoms with Crippen LogP contribution in [-0.2, 0) is 15.9 Å². The van der Waals surface area contributed by atoms with Crippen LogP contribution in [0.15, 0.2) is 60.0 Å². The molecule has 4 heteroatoms. The highest BCUT2D eigenvalue weighted by Crippen LogP contribution is 2.33. The zero-order valence-electron chi connectivity index (χ0n) is 18.3. The van der Waals surface area contributed by atoms with Gasteiger partial charge < -0.3 is 14.2 Å². The largest absolute Gasteiger partial charge is 0.497 e. The van der Waals surface area contributed by atoms with Crippen molar-refractivity contribution in [2.45, 2.75) is 44.5 Å². The third-order valence-corrected chi connectivity index (χ3v) is 6.87. The van der Waals surface area contributed by atoms with Gasteiger partial charge in [0.2, 0.25) is 0 Å². The number of ether oxygens (including phenoxy) is 3. The van der Waals surface area contributed by atoms with E-state index < -0.39 is 0 Å². The van der Waals surface area contributed by atoms with E-state index in [4.69, 9.17) is 14.2 Å². The maximum absolute atomic E-state index is 5.94. The Kier molecular flexibility index (Phi) is 9.15. The first-order valence-electron chi connectivity index (χ1n) is 9.91. The minimum Gasteiger partial charge on any atom is -0.497 e. The third kappa shape index (κ3) is 6.84. The zero-order chi connectivity index (χ0) is 21.4. The quantitative estimate of drug-likeness (QED) is 0.262. The highest BCUT2D eigenvalue weighted by Gasteiger charge is 2.21. The molecule has 0 heterocycles. The molecule has 2 rings (SSSR count). The van der Waals surface area contributed by atoms with Crippen LogP contribution >= 0.6 is 10.5 Å². The summed E-state index contributed by atoms with van der Waals surface area (Å²) in [6.45, 7) is 10.1. The predicted molar refractivity (Wildman–Crippen MR) is 126 cm³/mol. The second-order valence-corrected chi connectivity index (χ2v) is 9.21. The lowest BCUT2D eigenvalue weighted by Crippen LogP contribution is -2.29. The van der Waals surface area contributed by atoms with Gasteiger partial charge in [-0.2, -0.15) is 10.5 Å². The summed E-state index contributed by atoms with van der Waals surface area (Å²) >= 11 is 0. The first-order chi connectivity index (χ1) is 13.9. The molecule has 0 aliphatic rings. The van der Waals surface area contributed by atoms with Crippen LogP contribution in [0.2, 0.25) is 0 Å². The zero-order valence-corrected chi connectivity index (χ0v) is 19.1. The fourth-order valence-electron chi connectivity index (χ4n) is 3.27. The van der Waals surface area contributed by atoms with E-state index in [2.05, 4.69) is 56.6 Å². The number of aryl methyl sites for hydroxylation is 1. The molecule has 4 unspecified atom stereocenters. The van der Waals surface area contributed by atoms with Crippen molar-refractivity contribution in [1.29, 1.82) is 0 Å². The van der Waals surface area contributed by atoms with Gasteiger partial charge in [0.15, 0.2) is 6.29 Å². The maximum atomic E-state index is 5.94. The van der Waals surface area contributed by atoms with Gasteiger partial charge >= 0.3 is 0 Å². The van der Waals surface area contributed by atoms with Gasteiger partial charge in [0.25, 0.3) is 0 Å². The number of hydrogen-bond acceptors (Lipinski definition) is 3. The highest BCUT2D eigenvalue weighted by molar-refractivity contribution is 8.14. The molecule has 4 atom stereocenters. The summed E-state index contributed by atoms with van der Waals surface area (Å²) in [4.78, 5) is 1.31. The van der Waals surface area contributed by atoms with Crippen molar-refractivity contribution >= 4 is 16.4 Å². The lowest BCUT2D eigenvalue weighted by molar-refractivity contribution is -0.161. The van der Waals surface area contributed by atoms with Gasteiger partial charge in [0.05, 0.1) is 13.2 Å². The lowest BCUT2D eigenvalue weighted by atomic mass is 10.0. The number of hydrogen-bond donors (Lipinski definition) is 0. The first-order valence-corrected chi connectivity index (χ1v) is 11.5. The smallest absolute Gasteiger partial charge is 0.161 e. The van der Waals surface area contributed by atoms with E-state index in [1.807, 2.05) is 19.1 Å². The molecule has 0 amide bonds. The minimum absolute atomic E-state index is 0.0426. The molecule has 0 bridgehead atoms. The Morgan fingerprint density at radius 2 is 1.76 bits per heavy atom. The average Bonchev–Trinajstić information content (AvgIpc) is 2.72. The van der Waals surface area contributed by atoms with Gasteiger partial charge in [-0.05, 0) is 55.3 Å². The van der Waals surface area contributed by atoms with E-state index >= 15 is 0 Å². The van der Waals surface area contributed by atoms with E-state index in [0.717, 1.165) is 17.9 Å². The van der Waals surface area contributed by atoms with Crippen molar-refractivity contribution in [1.82, 2.24) is 0 Å². The van der Waals surface area contributed by atoms with Crippen LogP contribution in [0.1, 0.15) is 30.5 Å². The Hall–Kier alpha value is -1.88. The summed E-state index contributed by atoms with van der Waals surface area (Å²) in [5.74, 6) is 6.50. The molecule has 158 valence electrons. The molecule has 0 radical (unpaired) electrons. The highest BCUT2D eigenvalue weighted by atomic mass is 32.2. The average molecular weight is 415 g/mol. The van der Waals surface area contributed by atoms with Gasteiger partial charge in [0, 0.05) is 17.9 Å². The SMILES string of the molecule is C=CC(C)OC(OC)C(C)CS(=C)c1ccc(C)cc1Cc1ccc(OC)cc1. The molecule has 0 saturated carbocycles. The van der Waals surface area contributed by atoms with Crippen LogP contribution in [0, 0.1) is 12.8 Å². The van der Waals surface area contributed by atoms with Gasteiger partial charge in [-0.1, -0.05) is 48.7 Å². The van der Waals surface area contributed by atoms with Gasteiger partial charge in [-0.25, -0.2) is 0 Å². The normalized spacial score (nSPS) is 15.3. The molecule has 0 aliphatic heterocycles. The van der Waals surface area contributed by atoms with Crippen molar-refractivity contribution in [2.75, 3.05) is 20.0 Å². The van der Waals surface area contributed by atoms with Crippen molar-refractivity contribution < 1.29 is 14.2 Å². The summed E-state index contributed by atoms with van der Waals surface area (Å²) in [6, 6.07) is 15.0. The Bertz CT molecular complexity index is 813. The number of rotatable bonds is 11. The van der Waals surface area contributed by atoms with E-state index in [0.29, 0.717) is 0 Å². The maximum Gasteiger partial charge on any atom is 0.161 e. The van der Waals surface area contributed by atoms with E-state index in [1.54, 1.807) is 20.3 Å². The Morgan fingerprint density at radius 1 is 1.07 bits per heavy atom. The second kappa shape index (κ2) is 11.3. The van der Waals surface area contributed by atoms with Crippen molar-refractivity contribution in [2.24, 2.45) is 5.92 Å². The summed E-state index contributed by atoms with van der Waals surface area (Å²) in [5.41, 5.74) is 3.86. The summed E-state index contributed by atoms with van der Waals surface area (Å²) < 4.78 is 16.8. The lowest BCUT2D eigenvalue weighted by Gasteiger charge is -2.26. The van der Waals surface area contributed by atoms with E-state index in [1.165, 1.54) is 21.6 Å². The summed E-state index contributed by atoms with van der Waals surface area (Å²) in [5, 5.41) is 0. The third-order valence-electron chi connectivity index (χ3n) is 4.92. The van der Waals surface area contributed by atoms with Crippen molar-refractivity contribution in [3.63, 3.8) is 0 Å². The molecule has 0 aliphatic carbocycles. The molecule has 0 saturated heterocycles. The van der Waals surface area contributed by atoms with Gasteiger partial charge in [-0.15, -0.1) is 6.58 Å². The summed E-state index contributed by atoms with van der Waals surface area (Å²) in [6.07, 6.45) is 2.36. The standard InChI is InChI=1S/C25H34O3S/c1-8-20(4)28-25(27-6)19(3)17-29(7)24-14-9-18(2)15-22(24)16-21-10-12-23(26-5)13-11-21/h8-15,19-20,25H,1,7,16-17H2,2-6H3. The fourth-order valence-corrected chi connectivity index (χ4v) is 5.00. The topological polar surface area (TPSA) is 27.7 Å².